The predicted octanol–water partition coefficient (Wildman–Crippen LogP) is 13.6. The van der Waals surface area contributed by atoms with E-state index in [0.29, 0.717) is 11.8 Å². The second-order valence-corrected chi connectivity index (χ2v) is 15.3. The molecule has 51 heavy (non-hydrogen) atoms. The zero-order valence-corrected chi connectivity index (χ0v) is 31.5. The largest absolute Gasteiger partial charge is 0.458 e. The van der Waals surface area contributed by atoms with Crippen molar-refractivity contribution in [2.75, 3.05) is 0 Å². The first kappa shape index (κ1) is 36.4. The Labute approximate surface area is 308 Å². The Balaban J connectivity index is 1.17. The molecular formula is C50H58O. The van der Waals surface area contributed by atoms with Gasteiger partial charge in [-0.05, 0) is 121 Å². The molecule has 0 aromatic heterocycles. The highest BCUT2D eigenvalue weighted by molar-refractivity contribution is 5.42. The highest BCUT2D eigenvalue weighted by Gasteiger charge is 2.33. The minimum absolute atomic E-state index is 0.0357. The van der Waals surface area contributed by atoms with Crippen molar-refractivity contribution in [2.45, 2.75) is 115 Å². The van der Waals surface area contributed by atoms with Crippen LogP contribution in [-0.2, 0) is 28.4 Å². The average molecular weight is 675 g/mol. The standard InChI is InChI=1S/C50H58O/c1-5-13-41-19-23-45(24-20-41)49(33-27-39(3)43-15-9-7-10-16-43)35-29-47(30-36-49)51-48-31-37-50(38-32-48,46-25-21-42(14-6-2)22-26-46)34-28-40(4)44-17-11-8-12-18-44/h7-12,15-26,29-32,35,37,39-40H,5-6,13-14,27-28,33-34,36,38H2,1-4H3/t39-,40-,49?,50?/m0/s1. The maximum atomic E-state index is 6.63. The minimum Gasteiger partial charge on any atom is -0.458 e. The Hall–Kier alpha value is -4.36. The fourth-order valence-electron chi connectivity index (χ4n) is 8.12. The summed E-state index contributed by atoms with van der Waals surface area (Å²) in [6.07, 6.45) is 25.0. The van der Waals surface area contributed by atoms with Gasteiger partial charge in [0.05, 0.1) is 0 Å². The highest BCUT2D eigenvalue weighted by atomic mass is 16.5. The summed E-state index contributed by atoms with van der Waals surface area (Å²) < 4.78 is 6.63. The molecule has 0 radical (unpaired) electrons. The fourth-order valence-corrected chi connectivity index (χ4v) is 8.12. The SMILES string of the molecule is CCCc1ccc(C2(CC[C@H](C)c3ccccc3)C=CC(OC3=CCC(CC[C@H](C)c4ccccc4)(c4ccc(CCC)cc4)C=C3)=CC2)cc1. The number of ether oxygens (including phenoxy) is 1. The molecule has 4 aromatic carbocycles. The smallest absolute Gasteiger partial charge is 0.123 e. The van der Waals surface area contributed by atoms with E-state index < -0.39 is 0 Å². The number of rotatable bonds is 16. The molecule has 2 aliphatic rings. The van der Waals surface area contributed by atoms with E-state index in [1.807, 2.05) is 0 Å². The van der Waals surface area contributed by atoms with E-state index in [9.17, 15) is 0 Å². The van der Waals surface area contributed by atoms with Crippen LogP contribution < -0.4 is 0 Å². The van der Waals surface area contributed by atoms with Crippen molar-refractivity contribution in [2.24, 2.45) is 0 Å². The van der Waals surface area contributed by atoms with Gasteiger partial charge < -0.3 is 4.74 Å². The molecule has 0 N–H and O–H groups in total. The monoisotopic (exact) mass is 674 g/mol. The van der Waals surface area contributed by atoms with Crippen LogP contribution in [0.1, 0.15) is 124 Å². The Kier molecular flexibility index (Phi) is 12.3. The Morgan fingerprint density at radius 1 is 0.529 bits per heavy atom. The number of aryl methyl sites for hydroxylation is 2. The first-order chi connectivity index (χ1) is 24.9. The molecule has 0 fully saturated rings. The molecule has 6 rings (SSSR count). The van der Waals surface area contributed by atoms with Crippen LogP contribution in [0.25, 0.3) is 0 Å². The lowest BCUT2D eigenvalue weighted by atomic mass is 9.70. The van der Waals surface area contributed by atoms with Gasteiger partial charge in [0.15, 0.2) is 0 Å². The molecule has 4 atom stereocenters. The lowest BCUT2D eigenvalue weighted by Crippen LogP contribution is -2.26. The van der Waals surface area contributed by atoms with E-state index in [2.05, 4.69) is 173 Å². The van der Waals surface area contributed by atoms with Crippen molar-refractivity contribution < 1.29 is 4.74 Å². The van der Waals surface area contributed by atoms with Crippen molar-refractivity contribution in [1.29, 1.82) is 0 Å². The Morgan fingerprint density at radius 2 is 0.922 bits per heavy atom. The van der Waals surface area contributed by atoms with Crippen LogP contribution in [0.3, 0.4) is 0 Å². The van der Waals surface area contributed by atoms with Crippen LogP contribution in [0.15, 0.2) is 157 Å². The molecule has 0 bridgehead atoms. The van der Waals surface area contributed by atoms with Gasteiger partial charge in [0, 0.05) is 10.8 Å². The van der Waals surface area contributed by atoms with E-state index in [1.54, 1.807) is 0 Å². The second-order valence-electron chi connectivity index (χ2n) is 15.3. The Bertz CT molecular complexity index is 1660. The van der Waals surface area contributed by atoms with E-state index in [0.717, 1.165) is 62.9 Å². The summed E-state index contributed by atoms with van der Waals surface area (Å²) in [5.41, 5.74) is 8.43. The average Bonchev–Trinajstić information content (AvgIpc) is 3.19. The van der Waals surface area contributed by atoms with Gasteiger partial charge in [-0.3, -0.25) is 0 Å². The first-order valence-electron chi connectivity index (χ1n) is 19.7. The number of allylic oxidation sites excluding steroid dienone is 6. The maximum Gasteiger partial charge on any atom is 0.123 e. The molecule has 0 amide bonds. The van der Waals surface area contributed by atoms with Gasteiger partial charge in [-0.2, -0.15) is 0 Å². The van der Waals surface area contributed by atoms with Gasteiger partial charge in [-0.1, -0.05) is 162 Å². The minimum atomic E-state index is -0.0357. The second kappa shape index (κ2) is 17.2. The summed E-state index contributed by atoms with van der Waals surface area (Å²) in [5.74, 6) is 2.92. The molecule has 0 heterocycles. The van der Waals surface area contributed by atoms with Gasteiger partial charge in [0.1, 0.15) is 11.5 Å². The molecular weight excluding hydrogens is 617 g/mol. The molecule has 0 aliphatic heterocycles. The van der Waals surface area contributed by atoms with Crippen LogP contribution in [0.5, 0.6) is 0 Å². The van der Waals surface area contributed by atoms with E-state index in [-0.39, 0.29) is 10.8 Å². The third-order valence-corrected chi connectivity index (χ3v) is 11.6. The van der Waals surface area contributed by atoms with Crippen molar-refractivity contribution in [3.63, 3.8) is 0 Å². The summed E-state index contributed by atoms with van der Waals surface area (Å²) in [7, 11) is 0. The van der Waals surface area contributed by atoms with Crippen LogP contribution in [0.2, 0.25) is 0 Å². The third-order valence-electron chi connectivity index (χ3n) is 11.6. The van der Waals surface area contributed by atoms with E-state index in [4.69, 9.17) is 4.74 Å². The molecule has 2 aliphatic carbocycles. The molecule has 0 saturated carbocycles. The maximum absolute atomic E-state index is 6.63. The zero-order chi connectivity index (χ0) is 35.5. The number of hydrogen-bond acceptors (Lipinski definition) is 1. The third kappa shape index (κ3) is 9.12. The molecule has 1 heteroatoms. The van der Waals surface area contributed by atoms with Crippen LogP contribution in [-0.4, -0.2) is 0 Å². The van der Waals surface area contributed by atoms with Gasteiger partial charge >= 0.3 is 0 Å². The van der Waals surface area contributed by atoms with Gasteiger partial charge in [0.2, 0.25) is 0 Å². The summed E-state index contributed by atoms with van der Waals surface area (Å²) in [6.45, 7) is 9.25. The summed E-state index contributed by atoms with van der Waals surface area (Å²) >= 11 is 0. The summed E-state index contributed by atoms with van der Waals surface area (Å²) in [6, 6.07) is 40.8. The van der Waals surface area contributed by atoms with Crippen molar-refractivity contribution in [1.82, 2.24) is 0 Å². The molecule has 0 saturated heterocycles. The van der Waals surface area contributed by atoms with Crippen molar-refractivity contribution >= 4 is 0 Å². The molecule has 1 nitrogen and oxygen atoms in total. The summed E-state index contributed by atoms with van der Waals surface area (Å²) in [4.78, 5) is 0. The molecule has 0 spiro atoms. The Morgan fingerprint density at radius 3 is 1.25 bits per heavy atom. The highest BCUT2D eigenvalue weighted by Crippen LogP contribution is 2.43. The lowest BCUT2D eigenvalue weighted by Gasteiger charge is -2.35. The zero-order valence-electron chi connectivity index (χ0n) is 31.5. The van der Waals surface area contributed by atoms with Crippen LogP contribution in [0.4, 0.5) is 0 Å². The predicted molar refractivity (Wildman–Crippen MR) is 217 cm³/mol. The topological polar surface area (TPSA) is 9.23 Å². The molecule has 2 unspecified atom stereocenters. The number of benzene rings is 4. The van der Waals surface area contributed by atoms with Crippen molar-refractivity contribution in [3.8, 4) is 0 Å². The molecule has 4 aromatic rings. The number of hydrogen-bond donors (Lipinski definition) is 0. The normalized spacial score (nSPS) is 21.1. The van der Waals surface area contributed by atoms with E-state index in [1.165, 1.54) is 46.2 Å². The first-order valence-corrected chi connectivity index (χ1v) is 19.7. The van der Waals surface area contributed by atoms with Gasteiger partial charge in [-0.25, -0.2) is 0 Å². The van der Waals surface area contributed by atoms with Crippen LogP contribution in [0, 0.1) is 0 Å². The lowest BCUT2D eigenvalue weighted by molar-refractivity contribution is 0.314. The van der Waals surface area contributed by atoms with E-state index >= 15 is 0 Å². The van der Waals surface area contributed by atoms with Gasteiger partial charge in [0.25, 0.3) is 0 Å². The fraction of sp³-hybridized carbons (Fsp3) is 0.360. The van der Waals surface area contributed by atoms with Crippen molar-refractivity contribution in [3.05, 3.63) is 191 Å². The molecule has 264 valence electrons. The van der Waals surface area contributed by atoms with Gasteiger partial charge in [-0.15, -0.1) is 0 Å². The summed E-state index contributed by atoms with van der Waals surface area (Å²) in [5, 5.41) is 0. The van der Waals surface area contributed by atoms with Crippen LogP contribution >= 0.6 is 0 Å². The quantitative estimate of drug-likeness (QED) is 0.115.